The van der Waals surface area contributed by atoms with Crippen molar-refractivity contribution in [2.75, 3.05) is 24.6 Å². The number of pyridine rings is 1. The lowest BCUT2D eigenvalue weighted by atomic mass is 10.1. The van der Waals surface area contributed by atoms with Gasteiger partial charge in [0.1, 0.15) is 5.82 Å². The monoisotopic (exact) mass is 242 g/mol. The standard InChI is InChI=1S/C12H19ClN2O/c1-4-15(5-6-16)12-11(13)7-10(8-14-12)9(2)3/h7-9,16H,4-6H2,1-3H3. The summed E-state index contributed by atoms with van der Waals surface area (Å²) in [4.78, 5) is 6.34. The highest BCUT2D eigenvalue weighted by molar-refractivity contribution is 6.33. The minimum Gasteiger partial charge on any atom is -0.395 e. The molecule has 1 aromatic rings. The molecule has 0 spiro atoms. The van der Waals surface area contributed by atoms with Gasteiger partial charge >= 0.3 is 0 Å². The average Bonchev–Trinajstić information content (AvgIpc) is 2.26. The van der Waals surface area contributed by atoms with Gasteiger partial charge in [0.15, 0.2) is 0 Å². The van der Waals surface area contributed by atoms with Crippen molar-refractivity contribution < 1.29 is 5.11 Å². The molecular weight excluding hydrogens is 224 g/mol. The van der Waals surface area contributed by atoms with Crippen molar-refractivity contribution in [2.24, 2.45) is 0 Å². The SMILES string of the molecule is CCN(CCO)c1ncc(C(C)C)cc1Cl. The molecule has 0 saturated carbocycles. The van der Waals surface area contributed by atoms with Crippen LogP contribution in [-0.4, -0.2) is 29.8 Å². The van der Waals surface area contributed by atoms with Gasteiger partial charge in [-0.1, -0.05) is 25.4 Å². The Morgan fingerprint density at radius 1 is 1.50 bits per heavy atom. The lowest BCUT2D eigenvalue weighted by Crippen LogP contribution is -2.27. The number of nitrogens with zero attached hydrogens (tertiary/aromatic N) is 2. The number of hydrogen-bond donors (Lipinski definition) is 1. The van der Waals surface area contributed by atoms with E-state index in [1.807, 2.05) is 24.1 Å². The van der Waals surface area contributed by atoms with E-state index in [0.717, 1.165) is 17.9 Å². The molecule has 1 rings (SSSR count). The third-order valence-corrected chi connectivity index (χ3v) is 2.84. The van der Waals surface area contributed by atoms with Crippen LogP contribution in [0.1, 0.15) is 32.3 Å². The summed E-state index contributed by atoms with van der Waals surface area (Å²) < 4.78 is 0. The lowest BCUT2D eigenvalue weighted by Gasteiger charge is -2.22. The Bertz CT molecular complexity index is 342. The molecule has 1 aromatic heterocycles. The van der Waals surface area contributed by atoms with Gasteiger partial charge in [-0.2, -0.15) is 0 Å². The number of aromatic nitrogens is 1. The molecule has 0 radical (unpaired) electrons. The number of likely N-dealkylation sites (N-methyl/N-ethyl adjacent to an activating group) is 1. The zero-order chi connectivity index (χ0) is 12.1. The van der Waals surface area contributed by atoms with Crippen LogP contribution in [-0.2, 0) is 0 Å². The zero-order valence-corrected chi connectivity index (χ0v) is 10.8. The number of halogens is 1. The molecule has 0 fully saturated rings. The van der Waals surface area contributed by atoms with Crippen LogP contribution in [0.5, 0.6) is 0 Å². The first-order valence-corrected chi connectivity index (χ1v) is 5.99. The topological polar surface area (TPSA) is 36.4 Å². The molecule has 0 unspecified atom stereocenters. The van der Waals surface area contributed by atoms with Crippen LogP contribution in [0.2, 0.25) is 5.02 Å². The molecule has 3 nitrogen and oxygen atoms in total. The van der Waals surface area contributed by atoms with Crippen LogP contribution in [0, 0.1) is 0 Å². The van der Waals surface area contributed by atoms with Crippen molar-refractivity contribution in [3.05, 3.63) is 22.8 Å². The molecular formula is C12H19ClN2O. The molecule has 1 heterocycles. The van der Waals surface area contributed by atoms with E-state index >= 15 is 0 Å². The van der Waals surface area contributed by atoms with Gasteiger partial charge in [0, 0.05) is 19.3 Å². The van der Waals surface area contributed by atoms with Crippen molar-refractivity contribution in [1.29, 1.82) is 0 Å². The molecule has 0 amide bonds. The van der Waals surface area contributed by atoms with Gasteiger partial charge in [0.05, 0.1) is 11.6 Å². The third kappa shape index (κ3) is 3.09. The Balaban J connectivity index is 2.96. The van der Waals surface area contributed by atoms with E-state index in [9.17, 15) is 0 Å². The maximum Gasteiger partial charge on any atom is 0.147 e. The van der Waals surface area contributed by atoms with Crippen LogP contribution in [0.4, 0.5) is 5.82 Å². The Morgan fingerprint density at radius 3 is 2.62 bits per heavy atom. The summed E-state index contributed by atoms with van der Waals surface area (Å²) in [5.74, 6) is 1.18. The normalized spacial score (nSPS) is 10.9. The molecule has 0 aliphatic rings. The van der Waals surface area contributed by atoms with Gasteiger partial charge in [0.2, 0.25) is 0 Å². The predicted octanol–water partition coefficient (Wildman–Crippen LogP) is 2.68. The highest BCUT2D eigenvalue weighted by Gasteiger charge is 2.11. The van der Waals surface area contributed by atoms with Crippen LogP contribution in [0.15, 0.2) is 12.3 Å². The highest BCUT2D eigenvalue weighted by Crippen LogP contribution is 2.26. The summed E-state index contributed by atoms with van der Waals surface area (Å²) in [6, 6.07) is 1.95. The maximum atomic E-state index is 8.95. The quantitative estimate of drug-likeness (QED) is 0.863. The number of aliphatic hydroxyl groups is 1. The fourth-order valence-corrected chi connectivity index (χ4v) is 1.82. The number of aliphatic hydroxyl groups excluding tert-OH is 1. The lowest BCUT2D eigenvalue weighted by molar-refractivity contribution is 0.302. The first-order chi connectivity index (χ1) is 7.60. The second-order valence-electron chi connectivity index (χ2n) is 4.03. The van der Waals surface area contributed by atoms with E-state index in [1.165, 1.54) is 0 Å². The van der Waals surface area contributed by atoms with Crippen LogP contribution >= 0.6 is 11.6 Å². The third-order valence-electron chi connectivity index (χ3n) is 2.56. The fourth-order valence-electron chi connectivity index (χ4n) is 1.53. The van der Waals surface area contributed by atoms with E-state index in [4.69, 9.17) is 16.7 Å². The summed E-state index contributed by atoms with van der Waals surface area (Å²) in [7, 11) is 0. The van der Waals surface area contributed by atoms with Crippen molar-refractivity contribution in [2.45, 2.75) is 26.7 Å². The molecule has 0 atom stereocenters. The van der Waals surface area contributed by atoms with Gasteiger partial charge in [-0.15, -0.1) is 0 Å². The van der Waals surface area contributed by atoms with Crippen molar-refractivity contribution >= 4 is 17.4 Å². The molecule has 0 bridgehead atoms. The second kappa shape index (κ2) is 6.06. The van der Waals surface area contributed by atoms with Gasteiger partial charge in [-0.25, -0.2) is 4.98 Å². The molecule has 4 heteroatoms. The second-order valence-corrected chi connectivity index (χ2v) is 4.44. The molecule has 90 valence electrons. The Hall–Kier alpha value is -0.800. The van der Waals surface area contributed by atoms with Gasteiger partial charge in [-0.3, -0.25) is 0 Å². The molecule has 0 aliphatic heterocycles. The first kappa shape index (κ1) is 13.3. The number of anilines is 1. The van der Waals surface area contributed by atoms with E-state index < -0.39 is 0 Å². The highest BCUT2D eigenvalue weighted by atomic mass is 35.5. The van der Waals surface area contributed by atoms with E-state index in [2.05, 4.69) is 18.8 Å². The number of rotatable bonds is 5. The zero-order valence-electron chi connectivity index (χ0n) is 10.1. The summed E-state index contributed by atoms with van der Waals surface area (Å²) in [6.07, 6.45) is 1.85. The van der Waals surface area contributed by atoms with Crippen LogP contribution in [0.3, 0.4) is 0 Å². The minimum absolute atomic E-state index is 0.109. The van der Waals surface area contributed by atoms with Gasteiger partial charge < -0.3 is 10.0 Å². The van der Waals surface area contributed by atoms with Crippen molar-refractivity contribution in [3.8, 4) is 0 Å². The van der Waals surface area contributed by atoms with Crippen LogP contribution in [0.25, 0.3) is 0 Å². The Morgan fingerprint density at radius 2 is 2.19 bits per heavy atom. The largest absolute Gasteiger partial charge is 0.395 e. The summed E-state index contributed by atoms with van der Waals surface area (Å²) in [6.45, 7) is 7.69. The molecule has 16 heavy (non-hydrogen) atoms. The first-order valence-electron chi connectivity index (χ1n) is 5.61. The summed E-state index contributed by atoms with van der Waals surface area (Å²) in [5.41, 5.74) is 1.13. The van der Waals surface area contributed by atoms with E-state index in [1.54, 1.807) is 0 Å². The van der Waals surface area contributed by atoms with E-state index in [0.29, 0.717) is 17.5 Å². The Kier molecular flexibility index (Phi) is 5.03. The van der Waals surface area contributed by atoms with E-state index in [-0.39, 0.29) is 6.61 Å². The Labute approximate surface area is 102 Å². The van der Waals surface area contributed by atoms with Crippen LogP contribution < -0.4 is 4.90 Å². The number of hydrogen-bond acceptors (Lipinski definition) is 3. The minimum atomic E-state index is 0.109. The van der Waals surface area contributed by atoms with Crippen molar-refractivity contribution in [3.63, 3.8) is 0 Å². The molecule has 1 N–H and O–H groups in total. The van der Waals surface area contributed by atoms with Gasteiger partial charge in [0.25, 0.3) is 0 Å². The summed E-state index contributed by atoms with van der Waals surface area (Å²) in [5, 5.41) is 9.60. The predicted molar refractivity (Wildman–Crippen MR) is 68.3 cm³/mol. The van der Waals surface area contributed by atoms with Gasteiger partial charge in [-0.05, 0) is 24.5 Å². The van der Waals surface area contributed by atoms with Crippen molar-refractivity contribution in [1.82, 2.24) is 4.98 Å². The molecule has 0 saturated heterocycles. The molecule has 0 aliphatic carbocycles. The summed E-state index contributed by atoms with van der Waals surface area (Å²) >= 11 is 6.20. The molecule has 0 aromatic carbocycles. The smallest absolute Gasteiger partial charge is 0.147 e. The average molecular weight is 243 g/mol. The fraction of sp³-hybridized carbons (Fsp3) is 0.583. The maximum absolute atomic E-state index is 8.95.